The average Bonchev–Trinajstić information content (AvgIpc) is 2.43. The van der Waals surface area contributed by atoms with Crippen molar-refractivity contribution >= 4 is 11.6 Å². The van der Waals surface area contributed by atoms with E-state index in [0.717, 1.165) is 31.5 Å². The molecule has 1 atom stereocenters. The first-order valence-electron chi connectivity index (χ1n) is 7.54. The first-order valence-corrected chi connectivity index (χ1v) is 7.54. The van der Waals surface area contributed by atoms with Crippen molar-refractivity contribution < 1.29 is 9.90 Å². The van der Waals surface area contributed by atoms with Crippen LogP contribution < -0.4 is 11.1 Å². The van der Waals surface area contributed by atoms with E-state index >= 15 is 0 Å². The number of phenols is 1. The second kappa shape index (κ2) is 6.35. The number of nitrogens with one attached hydrogen (secondary N) is 1. The molecule has 2 rings (SSSR count). The van der Waals surface area contributed by atoms with Gasteiger partial charge in [0.25, 0.3) is 5.91 Å². The molecule has 4 N–H and O–H groups in total. The summed E-state index contributed by atoms with van der Waals surface area (Å²) >= 11 is 0. The van der Waals surface area contributed by atoms with Crippen molar-refractivity contribution in [2.24, 2.45) is 0 Å². The van der Waals surface area contributed by atoms with Crippen LogP contribution in [0.3, 0.4) is 0 Å². The van der Waals surface area contributed by atoms with Gasteiger partial charge in [-0.3, -0.25) is 4.79 Å². The molecule has 0 bridgehead atoms. The monoisotopic (exact) mass is 291 g/mol. The van der Waals surface area contributed by atoms with Crippen molar-refractivity contribution in [2.45, 2.75) is 45.7 Å². The number of aryl methyl sites for hydroxylation is 1. The summed E-state index contributed by atoms with van der Waals surface area (Å²) in [5.74, 6) is 0.0161. The number of rotatable bonds is 3. The molecule has 5 heteroatoms. The lowest BCUT2D eigenvalue weighted by molar-refractivity contribution is 0.0573. The predicted molar refractivity (Wildman–Crippen MR) is 84.5 cm³/mol. The molecule has 1 aromatic carbocycles. The Kier molecular flexibility index (Phi) is 4.73. The van der Waals surface area contributed by atoms with E-state index in [0.29, 0.717) is 5.56 Å². The fraction of sp³-hybridized carbons (Fsp3) is 0.562. The minimum absolute atomic E-state index is 0.0112. The molecule has 1 unspecified atom stereocenters. The van der Waals surface area contributed by atoms with Crippen LogP contribution in [-0.4, -0.2) is 41.1 Å². The SMILES string of the molecule is Cc1cc(O)c(N)cc1C(=O)N(C(C)C)C1CCCNC1. The molecule has 5 nitrogen and oxygen atoms in total. The maximum Gasteiger partial charge on any atom is 0.254 e. The second-order valence-corrected chi connectivity index (χ2v) is 6.03. The molecule has 1 heterocycles. The number of hydrogen-bond acceptors (Lipinski definition) is 4. The molecule has 21 heavy (non-hydrogen) atoms. The molecular weight excluding hydrogens is 266 g/mol. The Morgan fingerprint density at radius 3 is 2.76 bits per heavy atom. The van der Waals surface area contributed by atoms with E-state index in [9.17, 15) is 9.90 Å². The molecule has 0 spiro atoms. The zero-order valence-electron chi connectivity index (χ0n) is 13.0. The Balaban J connectivity index is 2.32. The molecule has 1 amide bonds. The average molecular weight is 291 g/mol. The Morgan fingerprint density at radius 1 is 1.48 bits per heavy atom. The first kappa shape index (κ1) is 15.6. The van der Waals surface area contributed by atoms with Gasteiger partial charge in [0.15, 0.2) is 0 Å². The van der Waals surface area contributed by atoms with E-state index in [-0.39, 0.29) is 29.4 Å². The predicted octanol–water partition coefficient (Wildman–Crippen LogP) is 1.89. The molecule has 1 saturated heterocycles. The highest BCUT2D eigenvalue weighted by Crippen LogP contribution is 2.27. The van der Waals surface area contributed by atoms with Gasteiger partial charge in [-0.05, 0) is 57.9 Å². The van der Waals surface area contributed by atoms with Crippen LogP contribution in [0.2, 0.25) is 0 Å². The van der Waals surface area contributed by atoms with Crippen LogP contribution >= 0.6 is 0 Å². The molecule has 1 aliphatic rings. The number of aromatic hydroxyl groups is 1. The summed E-state index contributed by atoms with van der Waals surface area (Å²) in [4.78, 5) is 14.9. The lowest BCUT2D eigenvalue weighted by Crippen LogP contribution is -2.51. The summed E-state index contributed by atoms with van der Waals surface area (Å²) in [5.41, 5.74) is 7.32. The highest BCUT2D eigenvalue weighted by Gasteiger charge is 2.29. The number of benzene rings is 1. The lowest BCUT2D eigenvalue weighted by Gasteiger charge is -2.38. The summed E-state index contributed by atoms with van der Waals surface area (Å²) in [6.07, 6.45) is 2.10. The standard InChI is InChI=1S/C16H25N3O2/c1-10(2)19(12-5-4-6-18-9-12)16(21)13-8-14(17)15(20)7-11(13)3/h7-8,10,12,18,20H,4-6,9,17H2,1-3H3. The van der Waals surface area contributed by atoms with Gasteiger partial charge in [0.1, 0.15) is 5.75 Å². The molecule has 116 valence electrons. The summed E-state index contributed by atoms with van der Waals surface area (Å²) in [6.45, 7) is 7.74. The van der Waals surface area contributed by atoms with E-state index in [2.05, 4.69) is 5.32 Å². The Hall–Kier alpha value is -1.75. The molecular formula is C16H25N3O2. The molecule has 0 radical (unpaired) electrons. The summed E-state index contributed by atoms with van der Waals surface area (Å²) in [7, 11) is 0. The molecule has 1 aromatic rings. The maximum atomic E-state index is 12.9. The quantitative estimate of drug-likeness (QED) is 0.587. The number of nitrogen functional groups attached to an aromatic ring is 1. The lowest BCUT2D eigenvalue weighted by atomic mass is 10.00. The molecule has 1 aliphatic heterocycles. The molecule has 1 fully saturated rings. The van der Waals surface area contributed by atoms with Crippen LogP contribution in [-0.2, 0) is 0 Å². The van der Waals surface area contributed by atoms with Gasteiger partial charge in [0.2, 0.25) is 0 Å². The van der Waals surface area contributed by atoms with Crippen molar-refractivity contribution in [3.05, 3.63) is 23.3 Å². The van der Waals surface area contributed by atoms with Gasteiger partial charge in [0, 0.05) is 24.2 Å². The summed E-state index contributed by atoms with van der Waals surface area (Å²) in [5, 5.41) is 13.0. The van der Waals surface area contributed by atoms with Gasteiger partial charge in [-0.2, -0.15) is 0 Å². The van der Waals surface area contributed by atoms with E-state index in [1.807, 2.05) is 25.7 Å². The van der Waals surface area contributed by atoms with Crippen LogP contribution in [0.4, 0.5) is 5.69 Å². The number of hydrogen-bond donors (Lipinski definition) is 3. The van der Waals surface area contributed by atoms with Crippen LogP contribution in [0.1, 0.15) is 42.6 Å². The number of nitrogens with zero attached hydrogens (tertiary/aromatic N) is 1. The number of anilines is 1. The fourth-order valence-corrected chi connectivity index (χ4v) is 2.97. The first-order chi connectivity index (χ1) is 9.91. The number of piperidine rings is 1. The summed E-state index contributed by atoms with van der Waals surface area (Å²) < 4.78 is 0. The largest absolute Gasteiger partial charge is 0.506 e. The van der Waals surface area contributed by atoms with Gasteiger partial charge in [0.05, 0.1) is 5.69 Å². The molecule has 0 aliphatic carbocycles. The van der Waals surface area contributed by atoms with E-state index in [1.165, 1.54) is 0 Å². The van der Waals surface area contributed by atoms with Crippen molar-refractivity contribution in [3.63, 3.8) is 0 Å². The number of phenolic OH excluding ortho intramolecular Hbond substituents is 1. The number of amides is 1. The number of carbonyl (C=O) groups excluding carboxylic acids is 1. The Bertz CT molecular complexity index is 522. The minimum atomic E-state index is -0.0112. The van der Waals surface area contributed by atoms with E-state index < -0.39 is 0 Å². The third-order valence-electron chi connectivity index (χ3n) is 4.06. The highest BCUT2D eigenvalue weighted by molar-refractivity contribution is 5.97. The van der Waals surface area contributed by atoms with Crippen LogP contribution in [0.15, 0.2) is 12.1 Å². The van der Waals surface area contributed by atoms with Crippen molar-refractivity contribution in [3.8, 4) is 5.75 Å². The van der Waals surface area contributed by atoms with Gasteiger partial charge >= 0.3 is 0 Å². The Morgan fingerprint density at radius 2 is 2.19 bits per heavy atom. The third kappa shape index (κ3) is 3.29. The van der Waals surface area contributed by atoms with Gasteiger partial charge in [-0.1, -0.05) is 0 Å². The third-order valence-corrected chi connectivity index (χ3v) is 4.06. The Labute approximate surface area is 126 Å². The zero-order valence-corrected chi connectivity index (χ0v) is 13.0. The normalized spacial score (nSPS) is 18.8. The van der Waals surface area contributed by atoms with Crippen LogP contribution in [0, 0.1) is 6.92 Å². The molecule has 0 saturated carbocycles. The fourth-order valence-electron chi connectivity index (χ4n) is 2.97. The zero-order chi connectivity index (χ0) is 15.6. The van der Waals surface area contributed by atoms with Gasteiger partial charge < -0.3 is 21.1 Å². The minimum Gasteiger partial charge on any atom is -0.506 e. The highest BCUT2D eigenvalue weighted by atomic mass is 16.3. The smallest absolute Gasteiger partial charge is 0.254 e. The number of carbonyl (C=O) groups is 1. The van der Waals surface area contributed by atoms with Crippen molar-refractivity contribution in [1.82, 2.24) is 10.2 Å². The van der Waals surface area contributed by atoms with Crippen LogP contribution in [0.5, 0.6) is 5.75 Å². The maximum absolute atomic E-state index is 12.9. The van der Waals surface area contributed by atoms with Crippen LogP contribution in [0.25, 0.3) is 0 Å². The second-order valence-electron chi connectivity index (χ2n) is 6.03. The van der Waals surface area contributed by atoms with Crippen molar-refractivity contribution in [2.75, 3.05) is 18.8 Å². The number of nitrogens with two attached hydrogens (primary N) is 1. The van der Waals surface area contributed by atoms with Gasteiger partial charge in [-0.25, -0.2) is 0 Å². The summed E-state index contributed by atoms with van der Waals surface area (Å²) in [6, 6.07) is 3.47. The van der Waals surface area contributed by atoms with Gasteiger partial charge in [-0.15, -0.1) is 0 Å². The van der Waals surface area contributed by atoms with E-state index in [4.69, 9.17) is 5.73 Å². The van der Waals surface area contributed by atoms with E-state index in [1.54, 1.807) is 12.1 Å². The topological polar surface area (TPSA) is 78.6 Å². The van der Waals surface area contributed by atoms with Crippen molar-refractivity contribution in [1.29, 1.82) is 0 Å². The molecule has 0 aromatic heterocycles.